The number of hydrogen-bond acceptors (Lipinski definition) is 1. The minimum atomic E-state index is 0.162. The zero-order valence-corrected chi connectivity index (χ0v) is 9.67. The molecule has 1 atom stereocenters. The lowest BCUT2D eigenvalue weighted by molar-refractivity contribution is 0.343. The van der Waals surface area contributed by atoms with Gasteiger partial charge in [0.15, 0.2) is 0 Å². The van der Waals surface area contributed by atoms with Crippen LogP contribution in [0.4, 0.5) is 0 Å². The van der Waals surface area contributed by atoms with E-state index < -0.39 is 0 Å². The molecule has 1 rings (SSSR count). The van der Waals surface area contributed by atoms with E-state index in [9.17, 15) is 0 Å². The fraction of sp³-hybridized carbons (Fsp3) is 0.538. The van der Waals surface area contributed by atoms with Crippen molar-refractivity contribution in [2.45, 2.75) is 40.2 Å². The van der Waals surface area contributed by atoms with Crippen LogP contribution in [0.5, 0.6) is 0 Å². The Kier molecular flexibility index (Phi) is 3.33. The Labute approximate surface area is 87.3 Å². The summed E-state index contributed by atoms with van der Waals surface area (Å²) in [5, 5.41) is 0. The van der Waals surface area contributed by atoms with E-state index in [4.69, 9.17) is 5.73 Å². The highest BCUT2D eigenvalue weighted by Gasteiger charge is 2.16. The van der Waals surface area contributed by atoms with Crippen molar-refractivity contribution < 1.29 is 0 Å². The first kappa shape index (κ1) is 11.3. The first-order valence-corrected chi connectivity index (χ1v) is 5.21. The molecule has 1 nitrogen and oxygen atoms in total. The maximum absolute atomic E-state index is 6.15. The van der Waals surface area contributed by atoms with Gasteiger partial charge in [0.2, 0.25) is 0 Å². The van der Waals surface area contributed by atoms with Crippen LogP contribution in [0.1, 0.15) is 44.4 Å². The Morgan fingerprint density at radius 2 is 1.93 bits per heavy atom. The summed E-state index contributed by atoms with van der Waals surface area (Å²) in [6.07, 6.45) is 1.02. The molecule has 14 heavy (non-hydrogen) atoms. The van der Waals surface area contributed by atoms with Crippen molar-refractivity contribution in [2.24, 2.45) is 11.1 Å². The minimum Gasteiger partial charge on any atom is -0.324 e. The van der Waals surface area contributed by atoms with E-state index in [1.165, 1.54) is 11.1 Å². The first-order valence-electron chi connectivity index (χ1n) is 5.21. The van der Waals surface area contributed by atoms with Crippen molar-refractivity contribution in [3.05, 3.63) is 35.4 Å². The van der Waals surface area contributed by atoms with E-state index in [0.717, 1.165) is 6.42 Å². The van der Waals surface area contributed by atoms with Gasteiger partial charge in [0.25, 0.3) is 0 Å². The Balaban J connectivity index is 2.74. The average molecular weight is 191 g/mol. The van der Waals surface area contributed by atoms with Gasteiger partial charge in [0.05, 0.1) is 0 Å². The molecule has 0 amide bonds. The molecule has 1 heteroatoms. The number of nitrogens with two attached hydrogens (primary N) is 1. The summed E-state index contributed by atoms with van der Waals surface area (Å²) < 4.78 is 0. The van der Waals surface area contributed by atoms with E-state index in [1.807, 2.05) is 0 Å². The molecule has 1 unspecified atom stereocenters. The maximum Gasteiger partial charge on any atom is 0.0299 e. The van der Waals surface area contributed by atoms with Gasteiger partial charge in [0.1, 0.15) is 0 Å². The van der Waals surface area contributed by atoms with E-state index in [-0.39, 0.29) is 6.04 Å². The smallest absolute Gasteiger partial charge is 0.0299 e. The summed E-state index contributed by atoms with van der Waals surface area (Å²) in [5.41, 5.74) is 8.98. The Hall–Kier alpha value is -0.820. The summed E-state index contributed by atoms with van der Waals surface area (Å²) >= 11 is 0. The minimum absolute atomic E-state index is 0.162. The van der Waals surface area contributed by atoms with Crippen molar-refractivity contribution in [1.29, 1.82) is 0 Å². The standard InChI is InChI=1S/C13H21N/c1-10-6-5-7-11(8-10)12(14)9-13(2,3)4/h5-8,12H,9,14H2,1-4H3. The summed E-state index contributed by atoms with van der Waals surface area (Å²) in [4.78, 5) is 0. The van der Waals surface area contributed by atoms with Gasteiger partial charge in [-0.1, -0.05) is 50.6 Å². The summed E-state index contributed by atoms with van der Waals surface area (Å²) in [5.74, 6) is 0. The molecule has 0 aliphatic rings. The first-order chi connectivity index (χ1) is 6.38. The third-order valence-electron chi connectivity index (χ3n) is 2.30. The monoisotopic (exact) mass is 191 g/mol. The lowest BCUT2D eigenvalue weighted by Gasteiger charge is -2.23. The second kappa shape index (κ2) is 4.14. The molecule has 0 saturated carbocycles. The van der Waals surface area contributed by atoms with E-state index in [0.29, 0.717) is 5.41 Å². The van der Waals surface area contributed by atoms with Gasteiger partial charge >= 0.3 is 0 Å². The normalized spacial score (nSPS) is 14.1. The molecule has 0 radical (unpaired) electrons. The van der Waals surface area contributed by atoms with Crippen molar-refractivity contribution in [1.82, 2.24) is 0 Å². The molecule has 0 bridgehead atoms. The molecule has 0 heterocycles. The average Bonchev–Trinajstić information content (AvgIpc) is 2.01. The van der Waals surface area contributed by atoms with Crippen molar-refractivity contribution in [3.63, 3.8) is 0 Å². The van der Waals surface area contributed by atoms with Crippen LogP contribution in [0, 0.1) is 12.3 Å². The Morgan fingerprint density at radius 3 is 2.43 bits per heavy atom. The van der Waals surface area contributed by atoms with Gasteiger partial charge in [-0.25, -0.2) is 0 Å². The number of aryl methyl sites for hydroxylation is 1. The van der Waals surface area contributed by atoms with Gasteiger partial charge < -0.3 is 5.73 Å². The van der Waals surface area contributed by atoms with Crippen LogP contribution in [0.3, 0.4) is 0 Å². The van der Waals surface area contributed by atoms with Crippen molar-refractivity contribution in [2.75, 3.05) is 0 Å². The predicted molar refractivity (Wildman–Crippen MR) is 62.2 cm³/mol. The molecule has 0 spiro atoms. The lowest BCUT2D eigenvalue weighted by Crippen LogP contribution is -2.18. The van der Waals surface area contributed by atoms with Crippen LogP contribution < -0.4 is 5.73 Å². The van der Waals surface area contributed by atoms with Gasteiger partial charge in [0, 0.05) is 6.04 Å². The van der Waals surface area contributed by atoms with E-state index >= 15 is 0 Å². The SMILES string of the molecule is Cc1cccc(C(N)CC(C)(C)C)c1. The predicted octanol–water partition coefficient (Wildman–Crippen LogP) is 3.43. The third-order valence-corrected chi connectivity index (χ3v) is 2.30. The van der Waals surface area contributed by atoms with Crippen LogP contribution >= 0.6 is 0 Å². The summed E-state index contributed by atoms with van der Waals surface area (Å²) in [6, 6.07) is 8.63. The second-order valence-corrected chi connectivity index (χ2v) is 5.29. The van der Waals surface area contributed by atoms with Gasteiger partial charge in [-0.3, -0.25) is 0 Å². The molecular formula is C13H21N. The van der Waals surface area contributed by atoms with Crippen LogP contribution in [0.2, 0.25) is 0 Å². The number of benzene rings is 1. The molecule has 0 saturated heterocycles. The molecule has 0 fully saturated rings. The number of hydrogen-bond donors (Lipinski definition) is 1. The lowest BCUT2D eigenvalue weighted by atomic mass is 9.85. The van der Waals surface area contributed by atoms with Gasteiger partial charge in [-0.05, 0) is 24.3 Å². The number of rotatable bonds is 2. The largest absolute Gasteiger partial charge is 0.324 e. The van der Waals surface area contributed by atoms with Crippen LogP contribution in [-0.4, -0.2) is 0 Å². The molecule has 0 aliphatic carbocycles. The maximum atomic E-state index is 6.15. The van der Waals surface area contributed by atoms with Gasteiger partial charge in [-0.15, -0.1) is 0 Å². The fourth-order valence-corrected chi connectivity index (χ4v) is 1.68. The van der Waals surface area contributed by atoms with E-state index in [1.54, 1.807) is 0 Å². The molecule has 2 N–H and O–H groups in total. The Morgan fingerprint density at radius 1 is 1.29 bits per heavy atom. The van der Waals surface area contributed by atoms with Gasteiger partial charge in [-0.2, -0.15) is 0 Å². The van der Waals surface area contributed by atoms with Crippen molar-refractivity contribution in [3.8, 4) is 0 Å². The molecule has 0 aliphatic heterocycles. The molecule has 0 aromatic heterocycles. The van der Waals surface area contributed by atoms with Crippen LogP contribution in [0.15, 0.2) is 24.3 Å². The van der Waals surface area contributed by atoms with Crippen LogP contribution in [-0.2, 0) is 0 Å². The zero-order valence-electron chi connectivity index (χ0n) is 9.67. The third kappa shape index (κ3) is 3.51. The quantitative estimate of drug-likeness (QED) is 0.761. The summed E-state index contributed by atoms with van der Waals surface area (Å²) in [6.45, 7) is 8.78. The molecular weight excluding hydrogens is 170 g/mol. The summed E-state index contributed by atoms with van der Waals surface area (Å²) in [7, 11) is 0. The van der Waals surface area contributed by atoms with Crippen LogP contribution in [0.25, 0.3) is 0 Å². The zero-order chi connectivity index (χ0) is 10.8. The van der Waals surface area contributed by atoms with Crippen molar-refractivity contribution >= 4 is 0 Å². The molecule has 1 aromatic carbocycles. The second-order valence-electron chi connectivity index (χ2n) is 5.29. The molecule has 78 valence electrons. The highest BCUT2D eigenvalue weighted by Crippen LogP contribution is 2.27. The van der Waals surface area contributed by atoms with E-state index in [2.05, 4.69) is 52.0 Å². The highest BCUT2D eigenvalue weighted by molar-refractivity contribution is 5.24. The fourth-order valence-electron chi connectivity index (χ4n) is 1.68. The highest BCUT2D eigenvalue weighted by atomic mass is 14.6. The Bertz CT molecular complexity index is 296. The molecule has 1 aromatic rings. The topological polar surface area (TPSA) is 26.0 Å².